The van der Waals surface area contributed by atoms with Crippen molar-refractivity contribution in [3.05, 3.63) is 58.1 Å². The first-order valence-electron chi connectivity index (χ1n) is 8.62. The van der Waals surface area contributed by atoms with Crippen molar-refractivity contribution in [2.24, 2.45) is 4.99 Å². The van der Waals surface area contributed by atoms with Crippen LogP contribution in [0.5, 0.6) is 0 Å². The minimum absolute atomic E-state index is 0.0225. The summed E-state index contributed by atoms with van der Waals surface area (Å²) < 4.78 is 84.7. The maximum absolute atomic E-state index is 14.3. The molecule has 0 radical (unpaired) electrons. The van der Waals surface area contributed by atoms with Crippen LogP contribution < -0.4 is 4.90 Å². The molecule has 0 spiro atoms. The molecule has 29 heavy (non-hydrogen) atoms. The molecule has 3 nitrogen and oxygen atoms in total. The van der Waals surface area contributed by atoms with Gasteiger partial charge in [0.15, 0.2) is 0 Å². The van der Waals surface area contributed by atoms with E-state index in [0.29, 0.717) is 5.56 Å². The lowest BCUT2D eigenvalue weighted by molar-refractivity contribution is -0.263. The van der Waals surface area contributed by atoms with Crippen LogP contribution in [0.3, 0.4) is 0 Å². The Bertz CT molecular complexity index is 1010. The smallest absolute Gasteiger partial charge is 0.359 e. The van der Waals surface area contributed by atoms with Gasteiger partial charge in [0.1, 0.15) is 0 Å². The topological polar surface area (TPSA) is 35.8 Å². The van der Waals surface area contributed by atoms with E-state index >= 15 is 0 Å². The number of aliphatic imine (C=N–C) groups is 1. The second-order valence-electron chi connectivity index (χ2n) is 7.15. The maximum Gasteiger partial charge on any atom is 0.449 e. The zero-order valence-corrected chi connectivity index (χ0v) is 16.0. The largest absolute Gasteiger partial charge is 0.449 e. The molecule has 9 heteroatoms. The first kappa shape index (κ1) is 21.2. The molecule has 0 saturated heterocycles. The van der Waals surface area contributed by atoms with Crippen LogP contribution in [-0.2, 0) is 5.72 Å². The van der Waals surface area contributed by atoms with Crippen LogP contribution in [0, 0.1) is 27.7 Å². The van der Waals surface area contributed by atoms with E-state index in [-0.39, 0.29) is 21.6 Å². The van der Waals surface area contributed by atoms with Crippen LogP contribution in [0.25, 0.3) is 0 Å². The first-order valence-corrected chi connectivity index (χ1v) is 8.62. The zero-order chi connectivity index (χ0) is 21.9. The fourth-order valence-corrected chi connectivity index (χ4v) is 3.51. The lowest BCUT2D eigenvalue weighted by Gasteiger charge is -2.46. The fourth-order valence-electron chi connectivity index (χ4n) is 3.51. The standard InChI is InChI=1S/C20H18F6N2O/c1-10-5-6-11(2)14(9-10)28-17(19(21,22)23)27-16-13(4)8-7-12(3)15(16)18(28,29)20(24,25)26/h5-9,29H,1-4H3. The predicted octanol–water partition coefficient (Wildman–Crippen LogP) is 5.74. The summed E-state index contributed by atoms with van der Waals surface area (Å²) in [4.78, 5) is 3.44. The number of fused-ring (bicyclic) bond motifs is 1. The van der Waals surface area contributed by atoms with Crippen LogP contribution in [-0.4, -0.2) is 23.3 Å². The Kier molecular flexibility index (Phi) is 4.73. The minimum Gasteiger partial charge on any atom is -0.359 e. The molecule has 0 aromatic heterocycles. The molecule has 1 heterocycles. The number of alkyl halides is 6. The van der Waals surface area contributed by atoms with Crippen LogP contribution >= 0.6 is 0 Å². The Morgan fingerprint density at radius 2 is 1.41 bits per heavy atom. The van der Waals surface area contributed by atoms with Crippen molar-refractivity contribution in [1.82, 2.24) is 0 Å². The second kappa shape index (κ2) is 6.48. The molecular formula is C20H18F6N2O. The van der Waals surface area contributed by atoms with Gasteiger partial charge in [-0.25, -0.2) is 4.99 Å². The molecule has 0 amide bonds. The summed E-state index contributed by atoms with van der Waals surface area (Å²) in [5.41, 5.74) is -4.98. The van der Waals surface area contributed by atoms with Gasteiger partial charge >= 0.3 is 12.4 Å². The summed E-state index contributed by atoms with van der Waals surface area (Å²) in [6, 6.07) is 6.82. The molecule has 156 valence electrons. The van der Waals surface area contributed by atoms with Gasteiger partial charge in [0, 0.05) is 11.3 Å². The van der Waals surface area contributed by atoms with Crippen LogP contribution in [0.15, 0.2) is 35.3 Å². The van der Waals surface area contributed by atoms with Crippen LogP contribution in [0.4, 0.5) is 37.7 Å². The van der Waals surface area contributed by atoms with Crippen LogP contribution in [0.1, 0.15) is 27.8 Å². The summed E-state index contributed by atoms with van der Waals surface area (Å²) in [6.45, 7) is 5.55. The van der Waals surface area contributed by atoms with Gasteiger partial charge in [-0.15, -0.1) is 0 Å². The number of hydrogen-bond acceptors (Lipinski definition) is 3. The molecule has 0 fully saturated rings. The van der Waals surface area contributed by atoms with Gasteiger partial charge in [0.2, 0.25) is 5.84 Å². The number of rotatable bonds is 1. The Morgan fingerprint density at radius 1 is 0.862 bits per heavy atom. The summed E-state index contributed by atoms with van der Waals surface area (Å²) in [6.07, 6.45) is -10.7. The number of nitrogens with zero attached hydrogens (tertiary/aromatic N) is 2. The summed E-state index contributed by atoms with van der Waals surface area (Å²) in [7, 11) is 0. The molecule has 2 aromatic carbocycles. The average molecular weight is 416 g/mol. The molecule has 0 saturated carbocycles. The first-order chi connectivity index (χ1) is 13.2. The highest BCUT2D eigenvalue weighted by atomic mass is 19.4. The van der Waals surface area contributed by atoms with Gasteiger partial charge in [0.25, 0.3) is 5.72 Å². The SMILES string of the molecule is Cc1ccc(C)c(N2C(C(F)(F)F)=Nc3c(C)ccc(C)c3C2(O)C(F)(F)F)c1. The number of amidine groups is 1. The molecule has 3 rings (SSSR count). The zero-order valence-electron chi connectivity index (χ0n) is 16.0. The predicted molar refractivity (Wildman–Crippen MR) is 97.4 cm³/mol. The van der Waals surface area contributed by atoms with Crippen molar-refractivity contribution in [2.45, 2.75) is 45.8 Å². The molecule has 1 N–H and O–H groups in total. The van der Waals surface area contributed by atoms with Gasteiger partial charge in [-0.05, 0) is 56.0 Å². The Labute approximate surface area is 163 Å². The third-order valence-electron chi connectivity index (χ3n) is 4.94. The van der Waals surface area contributed by atoms with Gasteiger partial charge in [-0.1, -0.05) is 24.3 Å². The highest BCUT2D eigenvalue weighted by molar-refractivity contribution is 6.07. The summed E-state index contributed by atoms with van der Waals surface area (Å²) in [5, 5.41) is 11.0. The Morgan fingerprint density at radius 3 is 1.97 bits per heavy atom. The van der Waals surface area contributed by atoms with Gasteiger partial charge in [0.05, 0.1) is 5.69 Å². The molecule has 1 aliphatic heterocycles. The van der Waals surface area contributed by atoms with Crippen molar-refractivity contribution in [3.8, 4) is 0 Å². The third-order valence-corrected chi connectivity index (χ3v) is 4.94. The van der Waals surface area contributed by atoms with Crippen molar-refractivity contribution in [2.75, 3.05) is 4.90 Å². The lowest BCUT2D eigenvalue weighted by atomic mass is 9.88. The Hall–Kier alpha value is -2.55. The van der Waals surface area contributed by atoms with Crippen molar-refractivity contribution in [1.29, 1.82) is 0 Å². The number of halogens is 6. The molecule has 0 aliphatic carbocycles. The molecule has 1 atom stereocenters. The number of anilines is 1. The number of benzene rings is 2. The normalized spacial score (nSPS) is 19.8. The van der Waals surface area contributed by atoms with E-state index in [9.17, 15) is 31.4 Å². The van der Waals surface area contributed by atoms with E-state index in [1.54, 1.807) is 6.07 Å². The van der Waals surface area contributed by atoms with Gasteiger partial charge in [-0.2, -0.15) is 26.3 Å². The van der Waals surface area contributed by atoms with E-state index in [2.05, 4.69) is 4.99 Å². The molecule has 1 unspecified atom stereocenters. The number of aliphatic hydroxyl groups is 1. The monoisotopic (exact) mass is 416 g/mol. The van der Waals surface area contributed by atoms with E-state index in [1.165, 1.54) is 52.0 Å². The maximum atomic E-state index is 14.3. The second-order valence-corrected chi connectivity index (χ2v) is 7.15. The molecule has 2 aromatic rings. The van der Waals surface area contributed by atoms with E-state index < -0.39 is 40.9 Å². The quantitative estimate of drug-likeness (QED) is 0.602. The van der Waals surface area contributed by atoms with Crippen molar-refractivity contribution < 1.29 is 31.4 Å². The minimum atomic E-state index is -5.46. The van der Waals surface area contributed by atoms with E-state index in [0.717, 1.165) is 0 Å². The van der Waals surface area contributed by atoms with Gasteiger partial charge < -0.3 is 5.11 Å². The number of aryl methyl sites for hydroxylation is 4. The number of hydrogen-bond donors (Lipinski definition) is 1. The van der Waals surface area contributed by atoms with E-state index in [1.807, 2.05) is 0 Å². The summed E-state index contributed by atoms with van der Waals surface area (Å²) in [5.74, 6) is -1.83. The molecular weight excluding hydrogens is 398 g/mol. The lowest BCUT2D eigenvalue weighted by Crippen LogP contribution is -2.63. The molecule has 0 bridgehead atoms. The van der Waals surface area contributed by atoms with Crippen molar-refractivity contribution >= 4 is 17.2 Å². The van der Waals surface area contributed by atoms with Crippen molar-refractivity contribution in [3.63, 3.8) is 0 Å². The third kappa shape index (κ3) is 3.17. The highest BCUT2D eigenvalue weighted by Crippen LogP contribution is 2.53. The van der Waals surface area contributed by atoms with Crippen LogP contribution in [0.2, 0.25) is 0 Å². The highest BCUT2D eigenvalue weighted by Gasteiger charge is 2.66. The van der Waals surface area contributed by atoms with E-state index in [4.69, 9.17) is 0 Å². The Balaban J connectivity index is 2.53. The average Bonchev–Trinajstić information content (AvgIpc) is 2.58. The molecule has 1 aliphatic rings. The fraction of sp³-hybridized carbons (Fsp3) is 0.350. The summed E-state index contributed by atoms with van der Waals surface area (Å²) >= 11 is 0. The van der Waals surface area contributed by atoms with Gasteiger partial charge in [-0.3, -0.25) is 4.90 Å².